The van der Waals surface area contributed by atoms with Crippen molar-refractivity contribution in [2.75, 3.05) is 33.8 Å². The van der Waals surface area contributed by atoms with E-state index in [1.54, 1.807) is 43.1 Å². The molecule has 1 aliphatic rings. The number of amides is 3. The topological polar surface area (TPSA) is 146 Å². The van der Waals surface area contributed by atoms with Gasteiger partial charge in [-0.2, -0.15) is 4.31 Å². The molecule has 0 aliphatic carbocycles. The average molecular weight is 585 g/mol. The molecule has 0 saturated carbocycles. The molecular formula is C27H44N4O8S. The molecule has 1 aliphatic heterocycles. The number of piperidine rings is 1. The molecule has 0 spiro atoms. The Balaban J connectivity index is 2.17. The minimum atomic E-state index is -4.22. The van der Waals surface area contributed by atoms with Crippen molar-refractivity contribution in [3.63, 3.8) is 0 Å². The lowest BCUT2D eigenvalue weighted by Gasteiger charge is -2.37. The van der Waals surface area contributed by atoms with Gasteiger partial charge in [0.2, 0.25) is 15.9 Å². The van der Waals surface area contributed by atoms with Gasteiger partial charge in [0, 0.05) is 39.1 Å². The molecule has 1 aromatic carbocycles. The summed E-state index contributed by atoms with van der Waals surface area (Å²) in [5.41, 5.74) is 0.969. The highest BCUT2D eigenvalue weighted by atomic mass is 32.2. The third kappa shape index (κ3) is 9.07. The number of nitrogens with zero attached hydrogens (tertiary/aromatic N) is 3. The van der Waals surface area contributed by atoms with E-state index in [0.717, 1.165) is 4.31 Å². The molecule has 3 amide bonds. The SMILES string of the molecule is COc1ccc(S(=O)(=O)N(CCC(=O)N2CCC(N(C)C(=O)OC(C)(C)C)CC2)C(CC(C)C)C(=O)NO)cc1. The molecule has 13 heteroatoms. The first-order chi connectivity index (χ1) is 18.6. The van der Waals surface area contributed by atoms with Crippen molar-refractivity contribution >= 4 is 27.9 Å². The molecule has 226 valence electrons. The van der Waals surface area contributed by atoms with Crippen LogP contribution in [0.1, 0.15) is 60.3 Å². The van der Waals surface area contributed by atoms with Crippen LogP contribution in [0.5, 0.6) is 5.75 Å². The lowest BCUT2D eigenvalue weighted by atomic mass is 10.0. The zero-order valence-corrected chi connectivity index (χ0v) is 25.4. The van der Waals surface area contributed by atoms with Gasteiger partial charge in [0.1, 0.15) is 17.4 Å². The summed E-state index contributed by atoms with van der Waals surface area (Å²) in [5.74, 6) is -0.744. The molecule has 0 bridgehead atoms. The molecule has 1 fully saturated rings. The van der Waals surface area contributed by atoms with Crippen LogP contribution in [0.3, 0.4) is 0 Å². The van der Waals surface area contributed by atoms with E-state index in [9.17, 15) is 28.0 Å². The summed E-state index contributed by atoms with van der Waals surface area (Å²) in [5, 5.41) is 9.37. The zero-order chi connectivity index (χ0) is 30.3. The Bertz CT molecular complexity index is 1110. The Morgan fingerprint density at radius 3 is 2.17 bits per heavy atom. The molecule has 1 heterocycles. The van der Waals surface area contributed by atoms with Gasteiger partial charge in [-0.1, -0.05) is 13.8 Å². The number of rotatable bonds is 11. The molecule has 12 nitrogen and oxygen atoms in total. The molecule has 1 atom stereocenters. The summed E-state index contributed by atoms with van der Waals surface area (Å²) >= 11 is 0. The summed E-state index contributed by atoms with van der Waals surface area (Å²) in [6, 6.07) is 4.43. The van der Waals surface area contributed by atoms with Crippen molar-refractivity contribution < 1.29 is 37.5 Å². The number of carbonyl (C=O) groups is 3. The van der Waals surface area contributed by atoms with E-state index in [1.807, 2.05) is 13.8 Å². The number of nitrogens with one attached hydrogen (secondary N) is 1. The highest BCUT2D eigenvalue weighted by Crippen LogP contribution is 2.25. The van der Waals surface area contributed by atoms with Crippen molar-refractivity contribution in [2.24, 2.45) is 5.92 Å². The average Bonchev–Trinajstić information content (AvgIpc) is 2.90. The zero-order valence-electron chi connectivity index (χ0n) is 24.5. The Kier molecular flexibility index (Phi) is 11.8. The lowest BCUT2D eigenvalue weighted by molar-refractivity contribution is -0.136. The van der Waals surface area contributed by atoms with Crippen LogP contribution in [-0.4, -0.2) is 97.1 Å². The number of hydrogen-bond donors (Lipinski definition) is 2. The number of methoxy groups -OCH3 is 1. The molecule has 2 rings (SSSR count). The number of ether oxygens (including phenoxy) is 2. The predicted molar refractivity (Wildman–Crippen MR) is 148 cm³/mol. The first-order valence-corrected chi connectivity index (χ1v) is 14.9. The van der Waals surface area contributed by atoms with Gasteiger partial charge in [-0.3, -0.25) is 14.8 Å². The highest BCUT2D eigenvalue weighted by Gasteiger charge is 2.37. The highest BCUT2D eigenvalue weighted by molar-refractivity contribution is 7.89. The Morgan fingerprint density at radius 1 is 1.12 bits per heavy atom. The molecule has 1 saturated heterocycles. The Labute approximate surface area is 237 Å². The van der Waals surface area contributed by atoms with Crippen molar-refractivity contribution in [2.45, 2.75) is 82.9 Å². The van der Waals surface area contributed by atoms with Crippen molar-refractivity contribution in [1.82, 2.24) is 19.6 Å². The maximum absolute atomic E-state index is 13.7. The lowest BCUT2D eigenvalue weighted by Crippen LogP contribution is -2.51. The van der Waals surface area contributed by atoms with Crippen LogP contribution in [0.4, 0.5) is 4.79 Å². The molecule has 1 unspecified atom stereocenters. The largest absolute Gasteiger partial charge is 0.497 e. The molecular weight excluding hydrogens is 540 g/mol. The van der Waals surface area contributed by atoms with Gasteiger partial charge >= 0.3 is 6.09 Å². The summed E-state index contributed by atoms with van der Waals surface area (Å²) < 4.78 is 38.9. The fraction of sp³-hybridized carbons (Fsp3) is 0.667. The molecule has 2 N–H and O–H groups in total. The number of carbonyl (C=O) groups excluding carboxylic acids is 3. The monoisotopic (exact) mass is 584 g/mol. The van der Waals surface area contributed by atoms with Crippen LogP contribution in [0, 0.1) is 5.92 Å². The van der Waals surface area contributed by atoms with E-state index in [4.69, 9.17) is 9.47 Å². The second kappa shape index (κ2) is 14.1. The van der Waals surface area contributed by atoms with Gasteiger partial charge in [-0.25, -0.2) is 18.7 Å². The molecule has 1 aromatic rings. The van der Waals surface area contributed by atoms with Crippen molar-refractivity contribution in [3.05, 3.63) is 24.3 Å². The van der Waals surface area contributed by atoms with E-state index in [-0.39, 0.29) is 42.1 Å². The Hall–Kier alpha value is -2.90. The van der Waals surface area contributed by atoms with Crippen LogP contribution >= 0.6 is 0 Å². The van der Waals surface area contributed by atoms with Crippen LogP contribution in [-0.2, 0) is 24.3 Å². The third-order valence-corrected chi connectivity index (χ3v) is 8.64. The summed E-state index contributed by atoms with van der Waals surface area (Å²) in [7, 11) is -1.08. The van der Waals surface area contributed by atoms with E-state index in [0.29, 0.717) is 31.7 Å². The second-order valence-electron chi connectivity index (χ2n) is 11.4. The van der Waals surface area contributed by atoms with Gasteiger partial charge in [0.05, 0.1) is 12.0 Å². The maximum Gasteiger partial charge on any atom is 0.410 e. The van der Waals surface area contributed by atoms with E-state index in [2.05, 4.69) is 0 Å². The van der Waals surface area contributed by atoms with Gasteiger partial charge < -0.3 is 19.3 Å². The first-order valence-electron chi connectivity index (χ1n) is 13.4. The maximum atomic E-state index is 13.7. The summed E-state index contributed by atoms with van der Waals surface area (Å²) in [4.78, 5) is 41.3. The number of sulfonamides is 1. The van der Waals surface area contributed by atoms with Crippen molar-refractivity contribution in [1.29, 1.82) is 0 Å². The second-order valence-corrected chi connectivity index (χ2v) is 13.3. The fourth-order valence-corrected chi connectivity index (χ4v) is 6.15. The molecule has 0 radical (unpaired) electrons. The minimum Gasteiger partial charge on any atom is -0.497 e. The van der Waals surface area contributed by atoms with Gasteiger partial charge in [0.15, 0.2) is 0 Å². The summed E-state index contributed by atoms with van der Waals surface area (Å²) in [6.45, 7) is 9.60. The van der Waals surface area contributed by atoms with Crippen LogP contribution in [0.2, 0.25) is 0 Å². The number of hydrogen-bond acceptors (Lipinski definition) is 8. The van der Waals surface area contributed by atoms with Crippen LogP contribution in [0.25, 0.3) is 0 Å². The molecule has 0 aromatic heterocycles. The number of hydroxylamine groups is 1. The quantitative estimate of drug-likeness (QED) is 0.298. The van der Waals surface area contributed by atoms with Gasteiger partial charge in [-0.05, 0) is 70.2 Å². The Morgan fingerprint density at radius 2 is 1.70 bits per heavy atom. The third-order valence-electron chi connectivity index (χ3n) is 6.71. The number of likely N-dealkylation sites (tertiary alicyclic amines) is 1. The van der Waals surface area contributed by atoms with Crippen LogP contribution < -0.4 is 10.2 Å². The van der Waals surface area contributed by atoms with Gasteiger partial charge in [-0.15, -0.1) is 0 Å². The predicted octanol–water partition coefficient (Wildman–Crippen LogP) is 2.85. The number of benzene rings is 1. The molecule has 40 heavy (non-hydrogen) atoms. The van der Waals surface area contributed by atoms with Gasteiger partial charge in [0.25, 0.3) is 5.91 Å². The first kappa shape index (κ1) is 33.3. The smallest absolute Gasteiger partial charge is 0.410 e. The van der Waals surface area contributed by atoms with Crippen LogP contribution in [0.15, 0.2) is 29.2 Å². The minimum absolute atomic E-state index is 0.0637. The van der Waals surface area contributed by atoms with E-state index in [1.165, 1.54) is 31.4 Å². The summed E-state index contributed by atoms with van der Waals surface area (Å²) in [6.07, 6.45) is 0.666. The fourth-order valence-electron chi connectivity index (χ4n) is 4.55. The standard InChI is InChI=1S/C27H44N4O8S/c1-19(2)18-23(25(33)28-35)31(40(36,37)22-10-8-21(38-7)9-11-22)17-14-24(32)30-15-12-20(13-16-30)29(6)26(34)39-27(3,4)5/h8-11,19-20,23,35H,12-18H2,1-7H3,(H,28,33). The van der Waals surface area contributed by atoms with Crippen molar-refractivity contribution in [3.8, 4) is 5.75 Å². The normalized spacial score (nSPS) is 15.6. The van der Waals surface area contributed by atoms with E-state index >= 15 is 0 Å². The van der Waals surface area contributed by atoms with E-state index < -0.39 is 33.7 Å².